The minimum absolute atomic E-state index is 0.154. The molecule has 1 amide bonds. The molecule has 1 heterocycles. The van der Waals surface area contributed by atoms with E-state index in [1.54, 1.807) is 6.07 Å². The van der Waals surface area contributed by atoms with E-state index in [-0.39, 0.29) is 5.69 Å². The van der Waals surface area contributed by atoms with Crippen LogP contribution < -0.4 is 5.32 Å². The number of nitro benzene ring substituents is 1. The molecule has 6 nitrogen and oxygen atoms in total. The van der Waals surface area contributed by atoms with Crippen LogP contribution in [0.2, 0.25) is 0 Å². The number of aromatic nitrogens is 1. The van der Waals surface area contributed by atoms with Crippen molar-refractivity contribution in [3.63, 3.8) is 0 Å². The predicted molar refractivity (Wildman–Crippen MR) is 96.9 cm³/mol. The van der Waals surface area contributed by atoms with Crippen molar-refractivity contribution < 1.29 is 14.1 Å². The van der Waals surface area contributed by atoms with Crippen molar-refractivity contribution in [3.8, 4) is 0 Å². The molecule has 132 valence electrons. The molecule has 0 aliphatic rings. The molecule has 1 N–H and O–H groups in total. The molecule has 1 aromatic heterocycles. The van der Waals surface area contributed by atoms with Gasteiger partial charge in [0.15, 0.2) is 0 Å². The lowest BCUT2D eigenvalue weighted by molar-refractivity contribution is -0.387. The minimum atomic E-state index is -0.952. The van der Waals surface area contributed by atoms with Crippen LogP contribution in [0.5, 0.6) is 0 Å². The van der Waals surface area contributed by atoms with Gasteiger partial charge in [-0.1, -0.05) is 25.1 Å². The summed E-state index contributed by atoms with van der Waals surface area (Å²) in [7, 11) is 0. The summed E-state index contributed by atoms with van der Waals surface area (Å²) in [5.74, 6) is -1.37. The molecule has 0 unspecified atom stereocenters. The Bertz CT molecular complexity index is 1030. The average Bonchev–Trinajstić information content (AvgIpc) is 2.62. The largest absolute Gasteiger partial charge is 0.322 e. The fourth-order valence-electron chi connectivity index (χ4n) is 2.92. The summed E-state index contributed by atoms with van der Waals surface area (Å²) in [5, 5.41) is 14.2. The highest BCUT2D eigenvalue weighted by molar-refractivity contribution is 6.13. The summed E-state index contributed by atoms with van der Waals surface area (Å²) in [6, 6.07) is 10.5. The molecule has 0 radical (unpaired) electrons. The zero-order valence-electron chi connectivity index (χ0n) is 14.2. The van der Waals surface area contributed by atoms with Gasteiger partial charge < -0.3 is 5.32 Å². The number of carbonyl (C=O) groups excluding carboxylic acids is 1. The summed E-state index contributed by atoms with van der Waals surface area (Å²) in [4.78, 5) is 27.5. The SMILES string of the molecule is CCc1nc2ccccc2c(C(=O)Nc2ccc(F)c([N+](=O)[O-])c2)c1C. The first-order valence-corrected chi connectivity index (χ1v) is 8.06. The Hall–Kier alpha value is -3.35. The predicted octanol–water partition coefficient (Wildman–Crippen LogP) is 4.41. The lowest BCUT2D eigenvalue weighted by Gasteiger charge is -2.14. The van der Waals surface area contributed by atoms with Gasteiger partial charge in [0, 0.05) is 22.8 Å². The normalized spacial score (nSPS) is 10.7. The van der Waals surface area contributed by atoms with Crippen molar-refractivity contribution in [1.82, 2.24) is 4.98 Å². The van der Waals surface area contributed by atoms with Gasteiger partial charge in [-0.3, -0.25) is 19.9 Å². The summed E-state index contributed by atoms with van der Waals surface area (Å²) < 4.78 is 13.5. The van der Waals surface area contributed by atoms with E-state index in [9.17, 15) is 19.3 Å². The number of hydrogen-bond acceptors (Lipinski definition) is 4. The number of hydrogen-bond donors (Lipinski definition) is 1. The number of amides is 1. The maximum Gasteiger partial charge on any atom is 0.306 e. The number of rotatable bonds is 4. The lowest BCUT2D eigenvalue weighted by atomic mass is 9.99. The Morgan fingerprint density at radius 1 is 1.27 bits per heavy atom. The minimum Gasteiger partial charge on any atom is -0.322 e. The van der Waals surface area contributed by atoms with Crippen molar-refractivity contribution in [2.24, 2.45) is 0 Å². The van der Waals surface area contributed by atoms with Crippen LogP contribution >= 0.6 is 0 Å². The van der Waals surface area contributed by atoms with E-state index in [0.717, 1.165) is 23.4 Å². The standard InChI is InChI=1S/C19H16FN3O3/c1-3-15-11(2)18(13-6-4-5-7-16(13)22-15)19(24)21-12-8-9-14(20)17(10-12)23(25)26/h4-10H,3H2,1-2H3,(H,21,24). The van der Waals surface area contributed by atoms with Crippen LogP contribution in [0.1, 0.15) is 28.5 Å². The zero-order chi connectivity index (χ0) is 18.8. The summed E-state index contributed by atoms with van der Waals surface area (Å²) in [6.07, 6.45) is 0.666. The molecule has 0 fully saturated rings. The molecule has 3 rings (SSSR count). The number of aryl methyl sites for hydroxylation is 1. The number of nitrogens with zero attached hydrogens (tertiary/aromatic N) is 2. The van der Waals surface area contributed by atoms with Gasteiger partial charge in [0.2, 0.25) is 5.82 Å². The lowest BCUT2D eigenvalue weighted by Crippen LogP contribution is -2.16. The summed E-state index contributed by atoms with van der Waals surface area (Å²) in [6.45, 7) is 3.77. The van der Waals surface area contributed by atoms with Crippen molar-refractivity contribution in [3.05, 3.63) is 75.2 Å². The van der Waals surface area contributed by atoms with E-state index in [0.29, 0.717) is 22.9 Å². The number of carbonyl (C=O) groups is 1. The van der Waals surface area contributed by atoms with E-state index in [1.807, 2.05) is 32.0 Å². The van der Waals surface area contributed by atoms with Crippen LogP contribution in [0, 0.1) is 22.9 Å². The van der Waals surface area contributed by atoms with Crippen LogP contribution in [0.15, 0.2) is 42.5 Å². The average molecular weight is 353 g/mol. The van der Waals surface area contributed by atoms with Crippen LogP contribution in [0.3, 0.4) is 0 Å². The molecule has 0 spiro atoms. The molecule has 0 aliphatic carbocycles. The number of anilines is 1. The number of benzene rings is 2. The molecule has 0 atom stereocenters. The highest BCUT2D eigenvalue weighted by Crippen LogP contribution is 2.26. The van der Waals surface area contributed by atoms with Crippen molar-refractivity contribution >= 4 is 28.2 Å². The number of para-hydroxylation sites is 1. The van der Waals surface area contributed by atoms with E-state index < -0.39 is 22.3 Å². The van der Waals surface area contributed by atoms with Gasteiger partial charge in [-0.2, -0.15) is 4.39 Å². The molecular weight excluding hydrogens is 337 g/mol. The van der Waals surface area contributed by atoms with E-state index in [2.05, 4.69) is 10.3 Å². The molecule has 0 saturated carbocycles. The van der Waals surface area contributed by atoms with E-state index in [1.165, 1.54) is 6.07 Å². The molecule has 0 aliphatic heterocycles. The van der Waals surface area contributed by atoms with Gasteiger partial charge in [-0.05, 0) is 37.1 Å². The van der Waals surface area contributed by atoms with Gasteiger partial charge in [0.25, 0.3) is 5.91 Å². The van der Waals surface area contributed by atoms with Crippen molar-refractivity contribution in [2.45, 2.75) is 20.3 Å². The van der Waals surface area contributed by atoms with Gasteiger partial charge in [0.05, 0.1) is 16.0 Å². The third-order valence-electron chi connectivity index (χ3n) is 4.20. The van der Waals surface area contributed by atoms with E-state index in [4.69, 9.17) is 0 Å². The van der Waals surface area contributed by atoms with Crippen molar-refractivity contribution in [1.29, 1.82) is 0 Å². The van der Waals surface area contributed by atoms with Gasteiger partial charge >= 0.3 is 5.69 Å². The molecule has 0 saturated heterocycles. The van der Waals surface area contributed by atoms with Crippen LogP contribution in [0.4, 0.5) is 15.8 Å². The smallest absolute Gasteiger partial charge is 0.306 e. The first kappa shape index (κ1) is 17.5. The molecule has 3 aromatic rings. The second-order valence-corrected chi connectivity index (χ2v) is 5.81. The third kappa shape index (κ3) is 3.11. The zero-order valence-corrected chi connectivity index (χ0v) is 14.2. The molecule has 2 aromatic carbocycles. The monoisotopic (exact) mass is 353 g/mol. The highest BCUT2D eigenvalue weighted by Gasteiger charge is 2.19. The van der Waals surface area contributed by atoms with Crippen molar-refractivity contribution in [2.75, 3.05) is 5.32 Å². The number of pyridine rings is 1. The maximum absolute atomic E-state index is 13.5. The molecular formula is C19H16FN3O3. The Morgan fingerprint density at radius 3 is 2.69 bits per heavy atom. The number of nitrogens with one attached hydrogen (secondary N) is 1. The number of halogens is 1. The highest BCUT2D eigenvalue weighted by atomic mass is 19.1. The Morgan fingerprint density at radius 2 is 2.00 bits per heavy atom. The number of nitro groups is 1. The number of fused-ring (bicyclic) bond motifs is 1. The molecule has 0 bridgehead atoms. The van der Waals surface area contributed by atoms with Gasteiger partial charge in [0.1, 0.15) is 0 Å². The molecule has 7 heteroatoms. The van der Waals surface area contributed by atoms with Crippen LogP contribution in [-0.2, 0) is 6.42 Å². The third-order valence-corrected chi connectivity index (χ3v) is 4.20. The van der Waals surface area contributed by atoms with Crippen LogP contribution in [-0.4, -0.2) is 15.8 Å². The van der Waals surface area contributed by atoms with Crippen LogP contribution in [0.25, 0.3) is 10.9 Å². The quantitative estimate of drug-likeness (QED) is 0.556. The van der Waals surface area contributed by atoms with E-state index >= 15 is 0 Å². The first-order chi connectivity index (χ1) is 12.4. The van der Waals surface area contributed by atoms with Gasteiger partial charge in [-0.25, -0.2) is 0 Å². The first-order valence-electron chi connectivity index (χ1n) is 8.06. The second-order valence-electron chi connectivity index (χ2n) is 5.81. The topological polar surface area (TPSA) is 85.1 Å². The Balaban J connectivity index is 2.07. The van der Waals surface area contributed by atoms with Gasteiger partial charge in [-0.15, -0.1) is 0 Å². The fraction of sp³-hybridized carbons (Fsp3) is 0.158. The Kier molecular flexibility index (Phi) is 4.62. The molecule has 26 heavy (non-hydrogen) atoms. The second kappa shape index (κ2) is 6.87. The fourth-order valence-corrected chi connectivity index (χ4v) is 2.92. The summed E-state index contributed by atoms with van der Waals surface area (Å²) in [5.41, 5.74) is 2.18. The Labute approximate surface area is 148 Å². The maximum atomic E-state index is 13.5. The summed E-state index contributed by atoms with van der Waals surface area (Å²) >= 11 is 0.